The Bertz CT molecular complexity index is 359. The Morgan fingerprint density at radius 2 is 1.86 bits per heavy atom. The number of aromatic nitrogens is 2. The molecule has 0 saturated heterocycles. The lowest BCUT2D eigenvalue weighted by Crippen LogP contribution is -2.01. The minimum absolute atomic E-state index is 0.323. The van der Waals surface area contributed by atoms with Crippen LogP contribution in [0.2, 0.25) is 0 Å². The van der Waals surface area contributed by atoms with Crippen LogP contribution in [0.4, 0.5) is 5.69 Å². The molecular weight excluding hydrogens is 276 g/mol. The van der Waals surface area contributed by atoms with Crippen molar-refractivity contribution in [2.45, 2.75) is 60.9 Å². The number of hydrogen-bond acceptors (Lipinski definition) is 4. The normalized spacial score (nSPS) is 8.05. The van der Waals surface area contributed by atoms with Crippen LogP contribution >= 0.6 is 0 Å². The molecule has 0 saturated carbocycles. The molecule has 0 aliphatic carbocycles. The molecule has 1 heterocycles. The maximum Gasteiger partial charge on any atom is 0.103 e. The van der Waals surface area contributed by atoms with Gasteiger partial charge in [-0.1, -0.05) is 45.4 Å². The molecule has 4 N–H and O–H groups in total. The van der Waals surface area contributed by atoms with Gasteiger partial charge in [-0.05, 0) is 26.7 Å². The van der Waals surface area contributed by atoms with E-state index in [0.29, 0.717) is 17.9 Å². The maximum atomic E-state index is 8.50. The summed E-state index contributed by atoms with van der Waals surface area (Å²) in [6.07, 6.45) is 8.07. The Morgan fingerprint density at radius 1 is 1.32 bits per heavy atom. The standard InChI is InChI=1S/C8H14.C5H10N4O.2C2H6/c1-4-5-6-7-8(2)3;1-9-3-5(8-10)4(2-6)7-9;2*1-2/h4,7H,1,5-6H2,2-3H3;3,8,10H,2,6H2,1H3;2*1-2H3. The maximum absolute atomic E-state index is 8.50. The number of hydrogen-bond donors (Lipinski definition) is 3. The summed E-state index contributed by atoms with van der Waals surface area (Å²) in [5, 5.41) is 12.5. The summed E-state index contributed by atoms with van der Waals surface area (Å²) in [4.78, 5) is 0. The average molecular weight is 313 g/mol. The van der Waals surface area contributed by atoms with Crippen LogP contribution in [0.1, 0.15) is 60.1 Å². The minimum atomic E-state index is 0.323. The average Bonchev–Trinajstić information content (AvgIpc) is 2.92. The fourth-order valence-electron chi connectivity index (χ4n) is 1.27. The predicted octanol–water partition coefficient (Wildman–Crippen LogP) is 4.65. The van der Waals surface area contributed by atoms with Gasteiger partial charge in [0.25, 0.3) is 0 Å². The molecule has 5 heteroatoms. The van der Waals surface area contributed by atoms with Crippen molar-refractivity contribution < 1.29 is 5.21 Å². The number of allylic oxidation sites excluding steroid dienone is 3. The largest absolute Gasteiger partial charge is 0.325 e. The number of nitrogens with two attached hydrogens (primary N) is 1. The molecule has 0 fully saturated rings. The third-order valence-corrected chi connectivity index (χ3v) is 2.14. The molecule has 0 aromatic carbocycles. The Balaban J connectivity index is -0.000000272. The summed E-state index contributed by atoms with van der Waals surface area (Å²) in [6.45, 7) is 16.2. The van der Waals surface area contributed by atoms with Crippen molar-refractivity contribution in [2.24, 2.45) is 12.8 Å². The molecule has 0 unspecified atom stereocenters. The Kier molecular flexibility index (Phi) is 22.4. The number of aryl methyl sites for hydroxylation is 1. The van der Waals surface area contributed by atoms with Gasteiger partial charge in [0.1, 0.15) is 11.4 Å². The van der Waals surface area contributed by atoms with Crippen molar-refractivity contribution in [3.63, 3.8) is 0 Å². The first-order chi connectivity index (χ1) is 10.5. The monoisotopic (exact) mass is 312 g/mol. The molecule has 130 valence electrons. The fraction of sp³-hybridized carbons (Fsp3) is 0.588. The van der Waals surface area contributed by atoms with Gasteiger partial charge in [0.05, 0.1) is 6.20 Å². The zero-order valence-electron chi connectivity index (χ0n) is 15.5. The summed E-state index contributed by atoms with van der Waals surface area (Å²) < 4.78 is 1.58. The second-order valence-electron chi connectivity index (χ2n) is 4.13. The summed E-state index contributed by atoms with van der Waals surface area (Å²) >= 11 is 0. The molecule has 0 radical (unpaired) electrons. The summed E-state index contributed by atoms with van der Waals surface area (Å²) in [5.74, 6) is 0. The van der Waals surface area contributed by atoms with Crippen LogP contribution < -0.4 is 11.2 Å². The highest BCUT2D eigenvalue weighted by atomic mass is 16.5. The van der Waals surface area contributed by atoms with Crippen molar-refractivity contribution in [2.75, 3.05) is 5.48 Å². The van der Waals surface area contributed by atoms with Gasteiger partial charge in [-0.2, -0.15) is 5.10 Å². The van der Waals surface area contributed by atoms with Gasteiger partial charge in [-0.25, -0.2) is 0 Å². The quantitative estimate of drug-likeness (QED) is 0.420. The van der Waals surface area contributed by atoms with Crippen molar-refractivity contribution in [3.05, 3.63) is 36.2 Å². The highest BCUT2D eigenvalue weighted by Gasteiger charge is 2.02. The number of nitrogens with zero attached hydrogens (tertiary/aromatic N) is 2. The molecule has 0 atom stereocenters. The van der Waals surface area contributed by atoms with Crippen LogP contribution in [0.25, 0.3) is 0 Å². The van der Waals surface area contributed by atoms with E-state index in [9.17, 15) is 0 Å². The molecular formula is C17H36N4O. The second-order valence-corrected chi connectivity index (χ2v) is 4.13. The van der Waals surface area contributed by atoms with Crippen LogP contribution in [0.15, 0.2) is 30.5 Å². The van der Waals surface area contributed by atoms with E-state index in [0.717, 1.165) is 12.8 Å². The van der Waals surface area contributed by atoms with Crippen LogP contribution in [0, 0.1) is 0 Å². The molecule has 0 aliphatic rings. The molecule has 0 aliphatic heterocycles. The van der Waals surface area contributed by atoms with E-state index in [-0.39, 0.29) is 0 Å². The van der Waals surface area contributed by atoms with E-state index in [1.54, 1.807) is 17.9 Å². The van der Waals surface area contributed by atoms with Gasteiger partial charge in [-0.15, -0.1) is 6.58 Å². The van der Waals surface area contributed by atoms with Crippen molar-refractivity contribution in [1.29, 1.82) is 0 Å². The van der Waals surface area contributed by atoms with Crippen LogP contribution in [-0.4, -0.2) is 15.0 Å². The van der Waals surface area contributed by atoms with Crippen molar-refractivity contribution >= 4 is 5.69 Å². The van der Waals surface area contributed by atoms with Gasteiger partial charge >= 0.3 is 0 Å². The van der Waals surface area contributed by atoms with E-state index in [1.807, 2.05) is 39.3 Å². The lowest BCUT2D eigenvalue weighted by molar-refractivity contribution is 0.388. The van der Waals surface area contributed by atoms with Gasteiger partial charge < -0.3 is 5.73 Å². The molecule has 1 aromatic rings. The molecule has 0 bridgehead atoms. The summed E-state index contributed by atoms with van der Waals surface area (Å²) in [5.41, 5.74) is 9.93. The topological polar surface area (TPSA) is 76.1 Å². The minimum Gasteiger partial charge on any atom is -0.325 e. The molecule has 0 spiro atoms. The first-order valence-corrected chi connectivity index (χ1v) is 7.92. The smallest absolute Gasteiger partial charge is 0.103 e. The molecule has 1 aromatic heterocycles. The Labute approximate surface area is 136 Å². The molecule has 22 heavy (non-hydrogen) atoms. The van der Waals surface area contributed by atoms with E-state index in [1.165, 1.54) is 5.57 Å². The van der Waals surface area contributed by atoms with Gasteiger partial charge in [0.15, 0.2) is 0 Å². The predicted molar refractivity (Wildman–Crippen MR) is 98.1 cm³/mol. The van der Waals surface area contributed by atoms with Crippen molar-refractivity contribution in [3.8, 4) is 0 Å². The van der Waals surface area contributed by atoms with Gasteiger partial charge in [0, 0.05) is 13.6 Å². The number of unbranched alkanes of at least 4 members (excludes halogenated alkanes) is 1. The van der Waals surface area contributed by atoms with E-state index in [2.05, 4.69) is 31.6 Å². The second kappa shape index (κ2) is 19.4. The lowest BCUT2D eigenvalue weighted by atomic mass is 10.2. The zero-order valence-corrected chi connectivity index (χ0v) is 15.5. The van der Waals surface area contributed by atoms with Crippen molar-refractivity contribution in [1.82, 2.24) is 9.78 Å². The number of rotatable bonds is 5. The highest BCUT2D eigenvalue weighted by molar-refractivity contribution is 5.43. The third kappa shape index (κ3) is 14.8. The van der Waals surface area contributed by atoms with Crippen LogP contribution in [0.5, 0.6) is 0 Å². The Morgan fingerprint density at radius 3 is 2.18 bits per heavy atom. The highest BCUT2D eigenvalue weighted by Crippen LogP contribution is 2.09. The SMILES string of the molecule is C=CCCC=C(C)C.CC.CC.Cn1cc(NO)c(CN)n1. The third-order valence-electron chi connectivity index (χ3n) is 2.14. The zero-order chi connectivity index (χ0) is 18.0. The fourth-order valence-corrected chi connectivity index (χ4v) is 1.27. The first kappa shape index (κ1) is 25.4. The van der Waals surface area contributed by atoms with Gasteiger partial charge in [-0.3, -0.25) is 15.4 Å². The number of anilines is 1. The van der Waals surface area contributed by atoms with E-state index in [4.69, 9.17) is 10.9 Å². The number of nitrogens with one attached hydrogen (secondary N) is 1. The van der Waals surface area contributed by atoms with Crippen LogP contribution in [0.3, 0.4) is 0 Å². The molecule has 1 rings (SSSR count). The molecule has 0 amide bonds. The van der Waals surface area contributed by atoms with E-state index < -0.39 is 0 Å². The lowest BCUT2D eigenvalue weighted by Gasteiger charge is -1.93. The first-order valence-electron chi connectivity index (χ1n) is 7.92. The van der Waals surface area contributed by atoms with Crippen LogP contribution in [-0.2, 0) is 13.6 Å². The summed E-state index contributed by atoms with van der Waals surface area (Å²) in [6, 6.07) is 0. The Hall–Kier alpha value is -1.59. The van der Waals surface area contributed by atoms with E-state index >= 15 is 0 Å². The van der Waals surface area contributed by atoms with Gasteiger partial charge in [0.2, 0.25) is 0 Å². The summed E-state index contributed by atoms with van der Waals surface area (Å²) in [7, 11) is 1.76. The molecule has 5 nitrogen and oxygen atoms in total.